The molecule has 0 radical (unpaired) electrons. The number of fused-ring (bicyclic) bond motifs is 1. The number of hydrogen-bond donors (Lipinski definition) is 2. The molecular weight excluding hydrogens is 346 g/mol. The first-order valence-corrected chi connectivity index (χ1v) is 8.23. The van der Waals surface area contributed by atoms with Crippen molar-refractivity contribution in [1.29, 1.82) is 0 Å². The van der Waals surface area contributed by atoms with Gasteiger partial charge in [0.1, 0.15) is 12.1 Å². The molecule has 8 nitrogen and oxygen atoms in total. The van der Waals surface area contributed by atoms with Gasteiger partial charge in [0.15, 0.2) is 0 Å². The molecule has 0 atom stereocenters. The quantitative estimate of drug-likeness (QED) is 0.385. The van der Waals surface area contributed by atoms with Crippen LogP contribution in [0.25, 0.3) is 10.8 Å². The maximum absolute atomic E-state index is 11.7. The minimum Gasteiger partial charge on any atom is -0.467 e. The Morgan fingerprint density at radius 2 is 1.81 bits per heavy atom. The molecule has 134 valence electrons. The van der Waals surface area contributed by atoms with Crippen LogP contribution in [0.2, 0.25) is 0 Å². The van der Waals surface area contributed by atoms with Gasteiger partial charge in [-0.1, -0.05) is 36.4 Å². The lowest BCUT2D eigenvalue weighted by Gasteiger charge is -2.11. The van der Waals surface area contributed by atoms with Gasteiger partial charge in [-0.25, -0.2) is 9.97 Å². The van der Waals surface area contributed by atoms with Gasteiger partial charge in [-0.05, 0) is 23.6 Å². The molecule has 0 amide bonds. The SMILES string of the molecule is O=[N+]([O-])c1c(NCc2ccco2)ncnc1Nc1cccc2ccccc12. The summed E-state index contributed by atoms with van der Waals surface area (Å²) >= 11 is 0. The van der Waals surface area contributed by atoms with Crippen molar-refractivity contribution in [1.82, 2.24) is 9.97 Å². The summed E-state index contributed by atoms with van der Waals surface area (Å²) in [6.07, 6.45) is 2.82. The number of anilines is 3. The third-order valence-electron chi connectivity index (χ3n) is 4.06. The van der Waals surface area contributed by atoms with Crippen LogP contribution >= 0.6 is 0 Å². The highest BCUT2D eigenvalue weighted by atomic mass is 16.6. The van der Waals surface area contributed by atoms with Crippen molar-refractivity contribution in [3.8, 4) is 0 Å². The molecule has 4 aromatic rings. The number of hydrogen-bond acceptors (Lipinski definition) is 7. The number of nitrogens with zero attached hydrogens (tertiary/aromatic N) is 3. The second-order valence-corrected chi connectivity index (χ2v) is 5.76. The van der Waals surface area contributed by atoms with Crippen molar-refractivity contribution in [3.05, 3.63) is 83.1 Å². The van der Waals surface area contributed by atoms with Crippen LogP contribution in [0.4, 0.5) is 23.0 Å². The zero-order valence-corrected chi connectivity index (χ0v) is 14.1. The van der Waals surface area contributed by atoms with Crippen LogP contribution in [0, 0.1) is 10.1 Å². The summed E-state index contributed by atoms with van der Waals surface area (Å²) in [5, 5.41) is 19.7. The maximum atomic E-state index is 11.7. The van der Waals surface area contributed by atoms with Crippen LogP contribution in [0.3, 0.4) is 0 Å². The van der Waals surface area contributed by atoms with Gasteiger partial charge in [-0.3, -0.25) is 10.1 Å². The van der Waals surface area contributed by atoms with Gasteiger partial charge in [0, 0.05) is 11.1 Å². The Kier molecular flexibility index (Phi) is 4.36. The molecule has 2 N–H and O–H groups in total. The highest BCUT2D eigenvalue weighted by Gasteiger charge is 2.23. The number of furan rings is 1. The Bertz CT molecular complexity index is 1090. The third kappa shape index (κ3) is 3.40. The van der Waals surface area contributed by atoms with Gasteiger partial charge in [-0.15, -0.1) is 0 Å². The van der Waals surface area contributed by atoms with E-state index in [2.05, 4.69) is 20.6 Å². The first kappa shape index (κ1) is 16.5. The molecule has 4 rings (SSSR count). The lowest BCUT2D eigenvalue weighted by atomic mass is 10.1. The molecule has 2 aromatic carbocycles. The van der Waals surface area contributed by atoms with Gasteiger partial charge in [0.2, 0.25) is 11.6 Å². The second kappa shape index (κ2) is 7.12. The van der Waals surface area contributed by atoms with E-state index in [0.29, 0.717) is 5.76 Å². The van der Waals surface area contributed by atoms with Crippen molar-refractivity contribution in [2.75, 3.05) is 10.6 Å². The lowest BCUT2D eigenvalue weighted by Crippen LogP contribution is -2.08. The number of nitrogens with one attached hydrogen (secondary N) is 2. The Balaban J connectivity index is 1.69. The molecule has 2 aromatic heterocycles. The topological polar surface area (TPSA) is 106 Å². The Morgan fingerprint density at radius 3 is 2.63 bits per heavy atom. The van der Waals surface area contributed by atoms with Crippen LogP contribution < -0.4 is 10.6 Å². The normalized spacial score (nSPS) is 10.7. The average molecular weight is 361 g/mol. The fraction of sp³-hybridized carbons (Fsp3) is 0.0526. The van der Waals surface area contributed by atoms with Gasteiger partial charge in [-0.2, -0.15) is 0 Å². The molecule has 0 bridgehead atoms. The van der Waals surface area contributed by atoms with Gasteiger partial charge in [0.05, 0.1) is 17.7 Å². The van der Waals surface area contributed by atoms with E-state index < -0.39 is 4.92 Å². The third-order valence-corrected chi connectivity index (χ3v) is 4.06. The highest BCUT2D eigenvalue weighted by Crippen LogP contribution is 2.33. The smallest absolute Gasteiger partial charge is 0.353 e. The van der Waals surface area contributed by atoms with Crippen molar-refractivity contribution in [2.24, 2.45) is 0 Å². The average Bonchev–Trinajstić information content (AvgIpc) is 3.20. The van der Waals surface area contributed by atoms with Crippen LogP contribution in [0.15, 0.2) is 71.6 Å². The minimum absolute atomic E-state index is 0.119. The number of benzene rings is 2. The number of nitro groups is 1. The van der Waals surface area contributed by atoms with E-state index in [4.69, 9.17) is 4.42 Å². The molecular formula is C19H15N5O3. The zero-order chi connectivity index (χ0) is 18.6. The van der Waals surface area contributed by atoms with Crippen molar-refractivity contribution in [3.63, 3.8) is 0 Å². The van der Waals surface area contributed by atoms with E-state index in [9.17, 15) is 10.1 Å². The summed E-state index contributed by atoms with van der Waals surface area (Å²) in [6.45, 7) is 0.276. The van der Waals surface area contributed by atoms with Crippen LogP contribution in [0.5, 0.6) is 0 Å². The summed E-state index contributed by atoms with van der Waals surface area (Å²) in [6, 6.07) is 17.0. The molecule has 8 heteroatoms. The maximum Gasteiger partial charge on any atom is 0.353 e. The predicted octanol–water partition coefficient (Wildman–Crippen LogP) is 4.49. The molecule has 0 spiro atoms. The van der Waals surface area contributed by atoms with E-state index in [1.54, 1.807) is 18.4 Å². The fourth-order valence-corrected chi connectivity index (χ4v) is 2.82. The van der Waals surface area contributed by atoms with Gasteiger partial charge < -0.3 is 15.1 Å². The molecule has 0 aliphatic carbocycles. The molecule has 0 aliphatic rings. The number of rotatable bonds is 6. The summed E-state index contributed by atoms with van der Waals surface area (Å²) < 4.78 is 5.24. The zero-order valence-electron chi connectivity index (χ0n) is 14.1. The van der Waals surface area contributed by atoms with Gasteiger partial charge >= 0.3 is 5.69 Å². The van der Waals surface area contributed by atoms with E-state index in [1.807, 2.05) is 42.5 Å². The van der Waals surface area contributed by atoms with E-state index >= 15 is 0 Å². The van der Waals surface area contributed by atoms with Gasteiger partial charge in [0.25, 0.3) is 0 Å². The monoisotopic (exact) mass is 361 g/mol. The van der Waals surface area contributed by atoms with E-state index in [0.717, 1.165) is 16.5 Å². The highest BCUT2D eigenvalue weighted by molar-refractivity contribution is 5.96. The van der Waals surface area contributed by atoms with E-state index in [1.165, 1.54) is 6.33 Å². The molecule has 0 fully saturated rings. The van der Waals surface area contributed by atoms with Crippen molar-refractivity contribution < 1.29 is 9.34 Å². The molecule has 0 saturated heterocycles. The summed E-state index contributed by atoms with van der Waals surface area (Å²) in [7, 11) is 0. The standard InChI is InChI=1S/C19H15N5O3/c25-24(26)17-18(20-11-14-7-4-10-27-14)21-12-22-19(17)23-16-9-3-6-13-5-1-2-8-15(13)16/h1-10,12H,11H2,(H2,20,21,22,23). The first-order valence-electron chi connectivity index (χ1n) is 8.23. The lowest BCUT2D eigenvalue weighted by molar-refractivity contribution is -0.383. The Labute approximate surface area is 154 Å². The molecule has 0 aliphatic heterocycles. The van der Waals surface area contributed by atoms with E-state index in [-0.39, 0.29) is 23.9 Å². The van der Waals surface area contributed by atoms with Crippen molar-refractivity contribution in [2.45, 2.75) is 6.54 Å². The Morgan fingerprint density at radius 1 is 1.00 bits per heavy atom. The van der Waals surface area contributed by atoms with Crippen molar-refractivity contribution >= 4 is 33.8 Å². The molecule has 0 unspecified atom stereocenters. The molecule has 0 saturated carbocycles. The summed E-state index contributed by atoms with van der Waals surface area (Å²) in [5.74, 6) is 0.883. The fourth-order valence-electron chi connectivity index (χ4n) is 2.82. The first-order chi connectivity index (χ1) is 13.2. The molecule has 27 heavy (non-hydrogen) atoms. The summed E-state index contributed by atoms with van der Waals surface area (Å²) in [5.41, 5.74) is 0.504. The largest absolute Gasteiger partial charge is 0.467 e. The predicted molar refractivity (Wildman–Crippen MR) is 102 cm³/mol. The molecule has 2 heterocycles. The van der Waals surface area contributed by atoms with Crippen LogP contribution in [-0.2, 0) is 6.54 Å². The summed E-state index contributed by atoms with van der Waals surface area (Å²) in [4.78, 5) is 19.3. The van der Waals surface area contributed by atoms with Crippen LogP contribution in [0.1, 0.15) is 5.76 Å². The number of aromatic nitrogens is 2. The van der Waals surface area contributed by atoms with Crippen LogP contribution in [-0.4, -0.2) is 14.9 Å². The minimum atomic E-state index is -0.502. The second-order valence-electron chi connectivity index (χ2n) is 5.76. The Hall–Kier alpha value is -3.94.